The van der Waals surface area contributed by atoms with Gasteiger partial charge in [0, 0.05) is 31.0 Å². The maximum Gasteiger partial charge on any atom is 0.136 e. The highest BCUT2D eigenvalue weighted by atomic mass is 32.2. The van der Waals surface area contributed by atoms with Crippen LogP contribution in [0.3, 0.4) is 0 Å². The van der Waals surface area contributed by atoms with Crippen LogP contribution in [-0.2, 0) is 5.75 Å². The number of phenolic OH excluding ortho intramolecular Hbond substituents is 1. The molecule has 1 aliphatic heterocycles. The minimum atomic E-state index is -0.269. The highest BCUT2D eigenvalue weighted by Gasteiger charge is 2.47. The third kappa shape index (κ3) is 10.0. The van der Waals surface area contributed by atoms with Gasteiger partial charge in [-0.05, 0) is 67.7 Å². The molecule has 2 rings (SSSR count). The van der Waals surface area contributed by atoms with Crippen LogP contribution in [0.2, 0.25) is 0 Å². The van der Waals surface area contributed by atoms with Crippen LogP contribution < -0.4 is 4.74 Å². The molecule has 0 radical (unpaired) electrons. The molecule has 3 nitrogen and oxygen atoms in total. The average Bonchev–Trinajstić information content (AvgIpc) is 3.14. The molecule has 0 aromatic heterocycles. The first-order chi connectivity index (χ1) is 18.7. The van der Waals surface area contributed by atoms with Gasteiger partial charge in [0.05, 0.1) is 5.25 Å². The van der Waals surface area contributed by atoms with Gasteiger partial charge in [-0.1, -0.05) is 110 Å². The summed E-state index contributed by atoms with van der Waals surface area (Å²) in [4.78, 5) is 1.95. The van der Waals surface area contributed by atoms with Crippen molar-refractivity contribution in [3.8, 4) is 11.5 Å². The van der Waals surface area contributed by atoms with Crippen molar-refractivity contribution >= 4 is 40.1 Å². The highest BCUT2D eigenvalue weighted by molar-refractivity contribution is 8.22. The van der Waals surface area contributed by atoms with Gasteiger partial charge in [0.15, 0.2) is 0 Å². The standard InChI is InChI=1S/C34H59NO2S3/c1-22(2)15-12-16-24(5)17-13-18-25(6)19-14-20-34(9)32(40-23(3)4)29-27(8)30(36)28(26(7)31(29)37-34)21-39-33(38)35(10)11/h22-25,32,36H,12-21H2,1-11H3. The lowest BCUT2D eigenvalue weighted by Crippen LogP contribution is -2.34. The molecule has 0 saturated heterocycles. The van der Waals surface area contributed by atoms with Crippen molar-refractivity contribution in [3.63, 3.8) is 0 Å². The van der Waals surface area contributed by atoms with Crippen molar-refractivity contribution in [2.24, 2.45) is 17.8 Å². The first-order valence-electron chi connectivity index (χ1n) is 15.7. The van der Waals surface area contributed by atoms with Gasteiger partial charge in [-0.25, -0.2) is 0 Å². The summed E-state index contributed by atoms with van der Waals surface area (Å²) in [5.74, 6) is 4.51. The zero-order valence-electron chi connectivity index (χ0n) is 27.5. The number of phenols is 1. The van der Waals surface area contributed by atoms with E-state index in [0.29, 0.717) is 16.8 Å². The van der Waals surface area contributed by atoms with Gasteiger partial charge >= 0.3 is 0 Å². The summed E-state index contributed by atoms with van der Waals surface area (Å²) in [5, 5.41) is 12.0. The summed E-state index contributed by atoms with van der Waals surface area (Å²) in [6.45, 7) is 20.6. The maximum atomic E-state index is 11.3. The number of ether oxygens (including phenoxy) is 1. The molecule has 6 heteroatoms. The maximum absolute atomic E-state index is 11.3. The summed E-state index contributed by atoms with van der Waals surface area (Å²) in [6, 6.07) is 0. The minimum absolute atomic E-state index is 0.221. The lowest BCUT2D eigenvalue weighted by molar-refractivity contribution is 0.0969. The Balaban J connectivity index is 2.05. The second-order valence-corrected chi connectivity index (χ2v) is 16.9. The van der Waals surface area contributed by atoms with Crippen molar-refractivity contribution < 1.29 is 9.84 Å². The van der Waals surface area contributed by atoms with Crippen LogP contribution >= 0.6 is 35.7 Å². The third-order valence-electron chi connectivity index (χ3n) is 8.59. The molecule has 4 atom stereocenters. The minimum Gasteiger partial charge on any atom is -0.507 e. The molecule has 0 saturated carbocycles. The zero-order valence-corrected chi connectivity index (χ0v) is 29.9. The number of hydrogen-bond donors (Lipinski definition) is 1. The van der Waals surface area contributed by atoms with Gasteiger partial charge in [-0.2, -0.15) is 0 Å². The van der Waals surface area contributed by atoms with Gasteiger partial charge < -0.3 is 14.7 Å². The Hall–Kier alpha value is -0.590. The number of rotatable bonds is 16. The number of hydrogen-bond acceptors (Lipinski definition) is 5. The van der Waals surface area contributed by atoms with Gasteiger partial charge in [0.2, 0.25) is 0 Å². The highest BCUT2D eigenvalue weighted by Crippen LogP contribution is 2.58. The Bertz CT molecular complexity index is 961. The van der Waals surface area contributed by atoms with Crippen LogP contribution in [0.4, 0.5) is 0 Å². The van der Waals surface area contributed by atoms with Crippen molar-refractivity contribution in [1.29, 1.82) is 0 Å². The van der Waals surface area contributed by atoms with Crippen LogP contribution in [0.1, 0.15) is 134 Å². The monoisotopic (exact) mass is 609 g/mol. The third-order valence-corrected chi connectivity index (χ3v) is 11.9. The topological polar surface area (TPSA) is 32.7 Å². The molecule has 0 fully saturated rings. The van der Waals surface area contributed by atoms with Gasteiger partial charge in [0.25, 0.3) is 0 Å². The summed E-state index contributed by atoms with van der Waals surface area (Å²) >= 11 is 9.09. The fourth-order valence-corrected chi connectivity index (χ4v) is 8.44. The largest absolute Gasteiger partial charge is 0.507 e. The van der Waals surface area contributed by atoms with Crippen LogP contribution in [0.5, 0.6) is 11.5 Å². The van der Waals surface area contributed by atoms with E-state index in [1.165, 1.54) is 56.9 Å². The van der Waals surface area contributed by atoms with E-state index in [2.05, 4.69) is 62.3 Å². The van der Waals surface area contributed by atoms with E-state index < -0.39 is 0 Å². The predicted octanol–water partition coefficient (Wildman–Crippen LogP) is 10.9. The Morgan fingerprint density at radius 2 is 1.48 bits per heavy atom. The lowest BCUT2D eigenvalue weighted by atomic mass is 9.87. The van der Waals surface area contributed by atoms with Gasteiger partial charge in [-0.15, -0.1) is 11.8 Å². The molecule has 1 N–H and O–H groups in total. The van der Waals surface area contributed by atoms with E-state index in [-0.39, 0.29) is 10.9 Å². The molecule has 1 aromatic rings. The smallest absolute Gasteiger partial charge is 0.136 e. The van der Waals surface area contributed by atoms with E-state index in [1.807, 2.05) is 30.8 Å². The van der Waals surface area contributed by atoms with Crippen molar-refractivity contribution in [2.75, 3.05) is 14.1 Å². The fourth-order valence-electron chi connectivity index (χ4n) is 5.97. The van der Waals surface area contributed by atoms with E-state index in [9.17, 15) is 5.11 Å². The lowest BCUT2D eigenvalue weighted by Gasteiger charge is -2.32. The fraction of sp³-hybridized carbons (Fsp3) is 0.794. The molecule has 4 unspecified atom stereocenters. The molecular formula is C34H59NO2S3. The van der Waals surface area contributed by atoms with Crippen molar-refractivity contribution in [1.82, 2.24) is 4.90 Å². The van der Waals surface area contributed by atoms with E-state index >= 15 is 0 Å². The molecule has 1 aromatic carbocycles. The molecule has 230 valence electrons. The van der Waals surface area contributed by atoms with Crippen LogP contribution in [-0.4, -0.2) is 39.3 Å². The van der Waals surface area contributed by atoms with Crippen molar-refractivity contribution in [2.45, 2.75) is 142 Å². The number of nitrogens with zero attached hydrogens (tertiary/aromatic N) is 1. The van der Waals surface area contributed by atoms with Crippen LogP contribution in [0.15, 0.2) is 0 Å². The van der Waals surface area contributed by atoms with E-state index in [0.717, 1.165) is 50.9 Å². The second-order valence-electron chi connectivity index (χ2n) is 13.6. The quantitative estimate of drug-likeness (QED) is 0.188. The molecule has 1 heterocycles. The first-order valence-corrected chi connectivity index (χ1v) is 18.0. The number of benzene rings is 1. The van der Waals surface area contributed by atoms with Gasteiger partial charge in [0.1, 0.15) is 21.4 Å². The molecule has 0 amide bonds. The predicted molar refractivity (Wildman–Crippen MR) is 184 cm³/mol. The molecule has 0 bridgehead atoms. The van der Waals surface area contributed by atoms with Crippen LogP contribution in [0, 0.1) is 31.6 Å². The normalized spacial score (nSPS) is 20.1. The summed E-state index contributed by atoms with van der Waals surface area (Å²) in [6.07, 6.45) is 11.6. The Morgan fingerprint density at radius 1 is 0.925 bits per heavy atom. The molecule has 1 aliphatic rings. The Labute approximate surface area is 261 Å². The number of thioether (sulfide) groups is 2. The van der Waals surface area contributed by atoms with Crippen LogP contribution in [0.25, 0.3) is 0 Å². The molecular weight excluding hydrogens is 551 g/mol. The Kier molecular flexibility index (Phi) is 14.5. The summed E-state index contributed by atoms with van der Waals surface area (Å²) < 4.78 is 7.76. The summed E-state index contributed by atoms with van der Waals surface area (Å²) in [5.41, 5.74) is 3.94. The SMILES string of the molecule is Cc1c(CSC(=S)N(C)C)c(O)c(C)c2c1OC(C)(CCCC(C)CCCC(C)CCCC(C)C)C2SC(C)C. The number of thiocarbonyl (C=S) groups is 1. The Morgan fingerprint density at radius 3 is 2.00 bits per heavy atom. The molecule has 40 heavy (non-hydrogen) atoms. The zero-order chi connectivity index (χ0) is 30.2. The van der Waals surface area contributed by atoms with Crippen molar-refractivity contribution in [3.05, 3.63) is 22.3 Å². The van der Waals surface area contributed by atoms with E-state index in [1.54, 1.807) is 11.8 Å². The summed E-state index contributed by atoms with van der Waals surface area (Å²) in [7, 11) is 3.93. The number of fused-ring (bicyclic) bond motifs is 1. The molecule has 0 aliphatic carbocycles. The van der Waals surface area contributed by atoms with Gasteiger partial charge in [-0.3, -0.25) is 0 Å². The second kappa shape index (κ2) is 16.3. The first kappa shape index (κ1) is 35.6. The molecule has 0 spiro atoms. The number of aromatic hydroxyl groups is 1. The van der Waals surface area contributed by atoms with E-state index in [4.69, 9.17) is 17.0 Å². The average molecular weight is 610 g/mol.